The SMILES string of the molecule is C.C#Cc1c(F)ccc2cc(O)cc(-c3nc(OC)c4c(N5CCCCC5)nc(OC)nc4c3F)c12.CC.CC1CC2CCCN2C1. The van der Waals surface area contributed by atoms with Crippen molar-refractivity contribution in [3.8, 4) is 41.2 Å². The largest absolute Gasteiger partial charge is 0.508 e. The van der Waals surface area contributed by atoms with Gasteiger partial charge in [-0.15, -0.1) is 6.42 Å². The predicted octanol–water partition coefficient (Wildman–Crippen LogP) is 7.97. The summed E-state index contributed by atoms with van der Waals surface area (Å²) in [4.78, 5) is 17.9. The summed E-state index contributed by atoms with van der Waals surface area (Å²) in [5, 5.41) is 11.3. The Labute approximate surface area is 277 Å². The highest BCUT2D eigenvalue weighted by Gasteiger charge is 2.32. The fourth-order valence-electron chi connectivity index (χ4n) is 6.95. The lowest BCUT2D eigenvalue weighted by molar-refractivity contribution is 0.319. The van der Waals surface area contributed by atoms with Gasteiger partial charge in [-0.3, -0.25) is 0 Å². The summed E-state index contributed by atoms with van der Waals surface area (Å²) in [6, 6.07) is 6.37. The summed E-state index contributed by atoms with van der Waals surface area (Å²) < 4.78 is 41.7. The van der Waals surface area contributed by atoms with Crippen LogP contribution in [0.2, 0.25) is 0 Å². The molecule has 3 aliphatic heterocycles. The average molecular weight is 648 g/mol. The molecule has 0 aliphatic carbocycles. The first kappa shape index (κ1) is 35.6. The number of nitrogens with zero attached hydrogens (tertiary/aromatic N) is 5. The summed E-state index contributed by atoms with van der Waals surface area (Å²) in [7, 11) is 2.82. The number of hydrogen-bond acceptors (Lipinski definition) is 8. The third-order valence-corrected chi connectivity index (χ3v) is 8.91. The maximum Gasteiger partial charge on any atom is 0.318 e. The quantitative estimate of drug-likeness (QED) is 0.223. The van der Waals surface area contributed by atoms with Crippen molar-refractivity contribution in [3.05, 3.63) is 41.5 Å². The molecule has 10 heteroatoms. The number of fused-ring (bicyclic) bond motifs is 3. The number of pyridine rings is 1. The number of halogens is 2. The lowest BCUT2D eigenvalue weighted by Gasteiger charge is -2.29. The topological polar surface area (TPSA) is 83.8 Å². The molecule has 2 unspecified atom stereocenters. The second kappa shape index (κ2) is 15.6. The second-order valence-corrected chi connectivity index (χ2v) is 11.9. The zero-order chi connectivity index (χ0) is 33.0. The van der Waals surface area contributed by atoms with Gasteiger partial charge in [0.05, 0.1) is 19.8 Å². The molecule has 8 nitrogen and oxygen atoms in total. The Morgan fingerprint density at radius 3 is 2.36 bits per heavy atom. The summed E-state index contributed by atoms with van der Waals surface area (Å²) in [6.07, 6.45) is 13.0. The van der Waals surface area contributed by atoms with Gasteiger partial charge in [0.25, 0.3) is 0 Å². The van der Waals surface area contributed by atoms with Crippen LogP contribution < -0.4 is 14.4 Å². The van der Waals surface area contributed by atoms with Gasteiger partial charge >= 0.3 is 6.01 Å². The number of anilines is 1. The minimum atomic E-state index is -0.793. The van der Waals surface area contributed by atoms with Crippen LogP contribution >= 0.6 is 0 Å². The van der Waals surface area contributed by atoms with Gasteiger partial charge in [-0.25, -0.2) is 13.8 Å². The molecule has 3 fully saturated rings. The number of aromatic hydroxyl groups is 1. The van der Waals surface area contributed by atoms with Crippen molar-refractivity contribution in [2.24, 2.45) is 5.92 Å². The van der Waals surface area contributed by atoms with Crippen molar-refractivity contribution in [1.29, 1.82) is 0 Å². The van der Waals surface area contributed by atoms with E-state index >= 15 is 4.39 Å². The summed E-state index contributed by atoms with van der Waals surface area (Å²) >= 11 is 0. The van der Waals surface area contributed by atoms with Crippen LogP contribution in [0.25, 0.3) is 32.9 Å². The van der Waals surface area contributed by atoms with E-state index in [2.05, 4.69) is 32.7 Å². The van der Waals surface area contributed by atoms with Crippen molar-refractivity contribution < 1.29 is 23.4 Å². The van der Waals surface area contributed by atoms with E-state index in [4.69, 9.17) is 15.9 Å². The smallest absolute Gasteiger partial charge is 0.318 e. The molecule has 1 N–H and O–H groups in total. The van der Waals surface area contributed by atoms with Crippen LogP contribution in [0.1, 0.15) is 72.3 Å². The maximum absolute atomic E-state index is 16.2. The number of benzene rings is 2. The molecule has 2 aromatic carbocycles. The van der Waals surface area contributed by atoms with E-state index in [0.717, 1.165) is 44.3 Å². The van der Waals surface area contributed by atoms with Crippen molar-refractivity contribution in [2.75, 3.05) is 45.3 Å². The molecule has 4 aromatic rings. The van der Waals surface area contributed by atoms with E-state index in [-0.39, 0.29) is 52.8 Å². The molecule has 0 spiro atoms. The molecule has 2 aromatic heterocycles. The highest BCUT2D eigenvalue weighted by molar-refractivity contribution is 6.04. The Morgan fingerprint density at radius 2 is 1.70 bits per heavy atom. The van der Waals surface area contributed by atoms with Gasteiger partial charge < -0.3 is 24.4 Å². The fraction of sp³-hybridized carbons (Fsp3) is 0.486. The molecule has 0 saturated carbocycles. The number of piperidine rings is 1. The lowest BCUT2D eigenvalue weighted by Crippen LogP contribution is -2.30. The van der Waals surface area contributed by atoms with E-state index < -0.39 is 11.6 Å². The molecular formula is C37H47F2N5O3. The van der Waals surface area contributed by atoms with Crippen LogP contribution in [0.4, 0.5) is 14.6 Å². The molecule has 252 valence electrons. The van der Waals surface area contributed by atoms with Crippen LogP contribution in [0.5, 0.6) is 17.6 Å². The van der Waals surface area contributed by atoms with Crippen LogP contribution in [0, 0.1) is 29.9 Å². The fourth-order valence-corrected chi connectivity index (χ4v) is 6.95. The van der Waals surface area contributed by atoms with E-state index in [1.807, 2.05) is 18.7 Å². The van der Waals surface area contributed by atoms with E-state index in [1.54, 1.807) is 0 Å². The number of phenolic OH excluding ortho intramolecular Hbond substituents is 1. The molecular weight excluding hydrogens is 600 g/mol. The average Bonchev–Trinajstić information content (AvgIpc) is 3.67. The van der Waals surface area contributed by atoms with Gasteiger partial charge in [0.15, 0.2) is 5.82 Å². The first-order chi connectivity index (χ1) is 22.3. The van der Waals surface area contributed by atoms with Crippen molar-refractivity contribution in [3.63, 3.8) is 0 Å². The zero-order valence-corrected chi connectivity index (χ0v) is 27.4. The Balaban J connectivity index is 0.000000354. The second-order valence-electron chi connectivity index (χ2n) is 11.9. The monoisotopic (exact) mass is 647 g/mol. The number of hydrogen-bond donors (Lipinski definition) is 1. The number of methoxy groups -OCH3 is 2. The molecule has 0 amide bonds. The normalized spacial score (nSPS) is 18.7. The molecule has 3 aliphatic rings. The Hall–Kier alpha value is -4.23. The minimum absolute atomic E-state index is 0. The highest BCUT2D eigenvalue weighted by Crippen LogP contribution is 2.42. The van der Waals surface area contributed by atoms with Gasteiger partial charge in [0.1, 0.15) is 34.0 Å². The van der Waals surface area contributed by atoms with Crippen LogP contribution in [0.15, 0.2) is 24.3 Å². The predicted molar refractivity (Wildman–Crippen MR) is 185 cm³/mol. The third kappa shape index (κ3) is 7.05. The highest BCUT2D eigenvalue weighted by atomic mass is 19.1. The maximum atomic E-state index is 16.2. The van der Waals surface area contributed by atoms with Gasteiger partial charge in [-0.1, -0.05) is 40.2 Å². The number of phenols is 1. The molecule has 3 saturated heterocycles. The molecule has 0 bridgehead atoms. The van der Waals surface area contributed by atoms with Gasteiger partial charge in [0, 0.05) is 36.6 Å². The third-order valence-electron chi connectivity index (χ3n) is 8.91. The van der Waals surface area contributed by atoms with Crippen LogP contribution in [-0.4, -0.2) is 71.4 Å². The van der Waals surface area contributed by atoms with E-state index in [9.17, 15) is 9.50 Å². The summed E-state index contributed by atoms with van der Waals surface area (Å²) in [5.41, 5.74) is -0.202. The number of ether oxygens (including phenoxy) is 2. The Morgan fingerprint density at radius 1 is 0.957 bits per heavy atom. The van der Waals surface area contributed by atoms with Crippen molar-refractivity contribution in [1.82, 2.24) is 19.9 Å². The molecule has 7 rings (SSSR count). The number of rotatable bonds is 4. The Kier molecular flexibility index (Phi) is 11.8. The van der Waals surface area contributed by atoms with Gasteiger partial charge in [-0.05, 0) is 74.6 Å². The Bertz CT molecular complexity index is 1740. The number of terminal acetylenes is 1. The molecule has 2 atom stereocenters. The van der Waals surface area contributed by atoms with Crippen LogP contribution in [0.3, 0.4) is 0 Å². The lowest BCUT2D eigenvalue weighted by atomic mass is 9.95. The van der Waals surface area contributed by atoms with E-state index in [1.165, 1.54) is 70.8 Å². The van der Waals surface area contributed by atoms with Crippen molar-refractivity contribution in [2.45, 2.75) is 72.8 Å². The summed E-state index contributed by atoms with van der Waals surface area (Å²) in [6.45, 7) is 10.6. The molecule has 0 radical (unpaired) electrons. The first-order valence-electron chi connectivity index (χ1n) is 16.2. The van der Waals surface area contributed by atoms with Gasteiger partial charge in [-0.2, -0.15) is 9.97 Å². The number of aromatic nitrogens is 3. The molecule has 47 heavy (non-hydrogen) atoms. The summed E-state index contributed by atoms with van der Waals surface area (Å²) in [5.74, 6) is 2.29. The molecule has 5 heterocycles. The zero-order valence-electron chi connectivity index (χ0n) is 27.4. The first-order valence-corrected chi connectivity index (χ1v) is 16.2. The van der Waals surface area contributed by atoms with Crippen LogP contribution in [-0.2, 0) is 0 Å². The van der Waals surface area contributed by atoms with E-state index in [0.29, 0.717) is 16.6 Å². The van der Waals surface area contributed by atoms with Gasteiger partial charge in [0.2, 0.25) is 5.88 Å². The standard InChI is InChI=1S/C26H22F2N4O3.C8H15N.C2H6.CH4/c1-4-16-18(27)9-8-14-12-15(33)13-17(19(14)16)22-21(28)23-20(25(29-22)34-2)24(31-26(30-23)35-3)32-10-6-5-7-11-32;1-7-5-8-3-2-4-9(8)6-7;1-2;/h1,8-9,12-13,33H,5-7,10-11H2,2-3H3;7-8H,2-6H2,1H3;1-2H3;1H4. The minimum Gasteiger partial charge on any atom is -0.508 e. The van der Waals surface area contributed by atoms with Crippen molar-refractivity contribution >= 4 is 27.5 Å².